The zero-order valence-electron chi connectivity index (χ0n) is 21.2. The van der Waals surface area contributed by atoms with Crippen molar-refractivity contribution in [3.05, 3.63) is 76.0 Å². The normalized spacial score (nSPS) is 14.9. The minimum Gasteiger partial charge on any atom is -0.462 e. The molecule has 1 aliphatic rings. The van der Waals surface area contributed by atoms with Gasteiger partial charge in [0.1, 0.15) is 17.2 Å². The third-order valence-electron chi connectivity index (χ3n) is 6.25. The minimum atomic E-state index is -0.566. The molecule has 1 unspecified atom stereocenters. The van der Waals surface area contributed by atoms with Crippen molar-refractivity contribution in [3.63, 3.8) is 0 Å². The van der Waals surface area contributed by atoms with E-state index in [0.29, 0.717) is 29.2 Å². The Hall–Kier alpha value is -2.91. The fraction of sp³-hybridized carbons (Fsp3) is 0.407. The number of rotatable bonds is 7. The number of nitrogens with zero attached hydrogens (tertiary/aromatic N) is 2. The first-order valence-corrected chi connectivity index (χ1v) is 12.8. The number of carbonyl (C=O) groups is 1. The molecule has 2 heterocycles. The van der Waals surface area contributed by atoms with Crippen molar-refractivity contribution in [1.82, 2.24) is 10.1 Å². The molecule has 1 N–H and O–H groups in total. The van der Waals surface area contributed by atoms with Gasteiger partial charge in [-0.25, -0.2) is 13.6 Å². The van der Waals surface area contributed by atoms with Crippen molar-refractivity contribution in [2.75, 3.05) is 17.9 Å². The summed E-state index contributed by atoms with van der Waals surface area (Å²) in [5, 5.41) is 4.09. The smallest absolute Gasteiger partial charge is 0.345 e. The van der Waals surface area contributed by atoms with Crippen LogP contribution in [0.25, 0.3) is 0 Å². The SMILES string of the molecule is CCOC(=O)c1c(NSc2ccc3c(c2)CN(C(C)c2cc(F)cc(F)c2)CC3)noc1C(C)(C)C. The molecule has 3 aromatic rings. The molecular formula is C27H31F2N3O3S. The van der Waals surface area contributed by atoms with Crippen molar-refractivity contribution < 1.29 is 22.8 Å². The van der Waals surface area contributed by atoms with Crippen molar-refractivity contribution >= 4 is 23.7 Å². The van der Waals surface area contributed by atoms with Gasteiger partial charge in [0.15, 0.2) is 11.6 Å². The lowest BCUT2D eigenvalue weighted by molar-refractivity contribution is 0.0522. The second kappa shape index (κ2) is 10.6. The van der Waals surface area contributed by atoms with E-state index in [4.69, 9.17) is 9.26 Å². The highest BCUT2D eigenvalue weighted by atomic mass is 32.2. The van der Waals surface area contributed by atoms with E-state index in [9.17, 15) is 13.6 Å². The molecule has 0 aliphatic carbocycles. The van der Waals surface area contributed by atoms with E-state index in [2.05, 4.69) is 26.9 Å². The second-order valence-electron chi connectivity index (χ2n) is 9.94. The highest BCUT2D eigenvalue weighted by Gasteiger charge is 2.32. The van der Waals surface area contributed by atoms with Gasteiger partial charge in [0, 0.05) is 35.5 Å². The third-order valence-corrected chi connectivity index (χ3v) is 7.04. The molecule has 192 valence electrons. The Kier molecular flexibility index (Phi) is 7.70. The number of aromatic nitrogens is 1. The van der Waals surface area contributed by atoms with E-state index in [1.54, 1.807) is 6.92 Å². The van der Waals surface area contributed by atoms with Gasteiger partial charge in [-0.1, -0.05) is 32.0 Å². The average molecular weight is 516 g/mol. The summed E-state index contributed by atoms with van der Waals surface area (Å²) >= 11 is 1.33. The Balaban J connectivity index is 1.50. The van der Waals surface area contributed by atoms with E-state index in [0.717, 1.165) is 29.5 Å². The lowest BCUT2D eigenvalue weighted by Gasteiger charge is -2.34. The molecule has 0 bridgehead atoms. The number of halogens is 2. The molecule has 0 radical (unpaired) electrons. The number of anilines is 1. The van der Waals surface area contributed by atoms with Gasteiger partial charge in [0.25, 0.3) is 0 Å². The van der Waals surface area contributed by atoms with E-state index in [1.807, 2.05) is 33.8 Å². The first kappa shape index (κ1) is 26.2. The molecule has 4 rings (SSSR count). The van der Waals surface area contributed by atoms with Crippen LogP contribution in [0, 0.1) is 11.6 Å². The molecule has 1 aliphatic heterocycles. The number of carbonyl (C=O) groups excluding carboxylic acids is 1. The number of hydrogen-bond acceptors (Lipinski definition) is 7. The Bertz CT molecular complexity index is 1240. The van der Waals surface area contributed by atoms with Gasteiger partial charge in [0.2, 0.25) is 0 Å². The quantitative estimate of drug-likeness (QED) is 0.279. The maximum absolute atomic E-state index is 13.8. The predicted molar refractivity (Wildman–Crippen MR) is 136 cm³/mol. The molecule has 0 fully saturated rings. The van der Waals surface area contributed by atoms with Crippen LogP contribution in [0.5, 0.6) is 0 Å². The van der Waals surface area contributed by atoms with Crippen LogP contribution in [0.15, 0.2) is 45.8 Å². The summed E-state index contributed by atoms with van der Waals surface area (Å²) < 4.78 is 41.4. The summed E-state index contributed by atoms with van der Waals surface area (Å²) in [5.74, 6) is -0.819. The van der Waals surface area contributed by atoms with Crippen LogP contribution in [0.1, 0.15) is 73.5 Å². The number of nitrogens with one attached hydrogen (secondary N) is 1. The van der Waals surface area contributed by atoms with Gasteiger partial charge in [-0.05, 0) is 73.2 Å². The molecule has 9 heteroatoms. The fourth-order valence-corrected chi connectivity index (χ4v) is 5.04. The topological polar surface area (TPSA) is 67.6 Å². The molecule has 36 heavy (non-hydrogen) atoms. The summed E-state index contributed by atoms with van der Waals surface area (Å²) in [7, 11) is 0. The van der Waals surface area contributed by atoms with Gasteiger partial charge in [0.05, 0.1) is 6.61 Å². The zero-order valence-corrected chi connectivity index (χ0v) is 22.0. The standard InChI is InChI=1S/C27H31F2N3O3S/c1-6-34-26(33)23-24(27(3,4)5)35-30-25(23)31-36-22-8-7-17-9-10-32(15-19(17)13-22)16(2)18-11-20(28)14-21(29)12-18/h7-8,11-14,16H,6,9-10,15H2,1-5H3,(H,30,31). The van der Waals surface area contributed by atoms with Gasteiger partial charge in [-0.3, -0.25) is 4.90 Å². The Labute approximate surface area is 214 Å². The van der Waals surface area contributed by atoms with E-state index < -0.39 is 23.0 Å². The van der Waals surface area contributed by atoms with Crippen LogP contribution in [-0.2, 0) is 23.1 Å². The summed E-state index contributed by atoms with van der Waals surface area (Å²) in [6.45, 7) is 11.3. The maximum Gasteiger partial charge on any atom is 0.345 e. The lowest BCUT2D eigenvalue weighted by Crippen LogP contribution is -2.33. The third kappa shape index (κ3) is 5.73. The highest BCUT2D eigenvalue weighted by molar-refractivity contribution is 8.00. The Morgan fingerprint density at radius 3 is 2.58 bits per heavy atom. The van der Waals surface area contributed by atoms with Gasteiger partial charge in [-0.15, -0.1) is 0 Å². The van der Waals surface area contributed by atoms with Crippen molar-refractivity contribution in [2.24, 2.45) is 0 Å². The molecule has 2 aromatic carbocycles. The zero-order chi connectivity index (χ0) is 26.0. The van der Waals surface area contributed by atoms with Crippen molar-refractivity contribution in [2.45, 2.75) is 63.9 Å². The molecule has 0 spiro atoms. The van der Waals surface area contributed by atoms with Gasteiger partial charge in [-0.2, -0.15) is 0 Å². The number of hydrogen-bond donors (Lipinski definition) is 1. The molecule has 0 amide bonds. The van der Waals surface area contributed by atoms with E-state index >= 15 is 0 Å². The largest absolute Gasteiger partial charge is 0.462 e. The number of benzene rings is 2. The Morgan fingerprint density at radius 2 is 1.92 bits per heavy atom. The van der Waals surface area contributed by atoms with Crippen LogP contribution in [0.2, 0.25) is 0 Å². The molecular weight excluding hydrogens is 484 g/mol. The Morgan fingerprint density at radius 1 is 1.19 bits per heavy atom. The van der Waals surface area contributed by atoms with E-state index in [1.165, 1.54) is 29.6 Å². The summed E-state index contributed by atoms with van der Waals surface area (Å²) in [6, 6.07) is 9.76. The number of fused-ring (bicyclic) bond motifs is 1. The molecule has 6 nitrogen and oxygen atoms in total. The van der Waals surface area contributed by atoms with Crippen LogP contribution in [-0.4, -0.2) is 29.2 Å². The van der Waals surface area contributed by atoms with Crippen LogP contribution in [0.3, 0.4) is 0 Å². The summed E-state index contributed by atoms with van der Waals surface area (Å²) in [5.41, 5.74) is 2.90. The summed E-state index contributed by atoms with van der Waals surface area (Å²) in [6.07, 6.45) is 0.848. The first-order valence-electron chi connectivity index (χ1n) is 12.0. The lowest BCUT2D eigenvalue weighted by atomic mass is 9.90. The van der Waals surface area contributed by atoms with Crippen LogP contribution >= 0.6 is 11.9 Å². The monoisotopic (exact) mass is 515 g/mol. The summed E-state index contributed by atoms with van der Waals surface area (Å²) in [4.78, 5) is 15.8. The van der Waals surface area contributed by atoms with Crippen LogP contribution < -0.4 is 4.72 Å². The van der Waals surface area contributed by atoms with E-state index in [-0.39, 0.29) is 12.6 Å². The highest BCUT2D eigenvalue weighted by Crippen LogP contribution is 2.35. The molecule has 0 saturated heterocycles. The van der Waals surface area contributed by atoms with Crippen molar-refractivity contribution in [3.8, 4) is 0 Å². The first-order chi connectivity index (χ1) is 17.1. The molecule has 1 atom stereocenters. The average Bonchev–Trinajstić information content (AvgIpc) is 3.26. The fourth-order valence-electron chi connectivity index (χ4n) is 4.35. The van der Waals surface area contributed by atoms with Gasteiger partial charge >= 0.3 is 5.97 Å². The molecule has 0 saturated carbocycles. The van der Waals surface area contributed by atoms with Crippen molar-refractivity contribution in [1.29, 1.82) is 0 Å². The van der Waals surface area contributed by atoms with Crippen LogP contribution in [0.4, 0.5) is 14.6 Å². The maximum atomic E-state index is 13.8. The number of esters is 1. The second-order valence-corrected chi connectivity index (χ2v) is 10.8. The minimum absolute atomic E-state index is 0.129. The van der Waals surface area contributed by atoms with Gasteiger partial charge < -0.3 is 14.0 Å². The number of ether oxygens (including phenoxy) is 1. The molecule has 1 aromatic heterocycles. The predicted octanol–water partition coefficient (Wildman–Crippen LogP) is 6.67.